The summed E-state index contributed by atoms with van der Waals surface area (Å²) in [4.78, 5) is 36.6. The normalized spacial score (nSPS) is 15.7. The lowest BCUT2D eigenvalue weighted by Gasteiger charge is -2.30. The molecular weight excluding hydrogens is 655 g/mol. The van der Waals surface area contributed by atoms with Crippen molar-refractivity contribution in [1.82, 2.24) is 5.32 Å². The smallest absolute Gasteiger partial charge is 0.337 e. The molecule has 1 fully saturated rings. The summed E-state index contributed by atoms with van der Waals surface area (Å²) < 4.78 is 18.1. The molecule has 250 valence electrons. The van der Waals surface area contributed by atoms with E-state index in [-0.39, 0.29) is 52.4 Å². The molecule has 1 aliphatic rings. The highest BCUT2D eigenvalue weighted by atomic mass is 35.5. The molecule has 4 aromatic rings. The number of carboxylic acid groups (broad SMARTS) is 1. The summed E-state index contributed by atoms with van der Waals surface area (Å²) in [7, 11) is 0. The molecule has 4 aromatic carbocycles. The van der Waals surface area contributed by atoms with Crippen molar-refractivity contribution >= 4 is 46.7 Å². The van der Waals surface area contributed by atoms with Crippen LogP contribution in [0.5, 0.6) is 23.0 Å². The summed E-state index contributed by atoms with van der Waals surface area (Å²) in [6, 6.07) is 22.8. The van der Waals surface area contributed by atoms with Gasteiger partial charge in [0.25, 0.3) is 5.91 Å². The number of halogens is 2. The first-order valence-electron chi connectivity index (χ1n) is 15.6. The zero-order chi connectivity index (χ0) is 34.2. The number of aromatic carboxylic acids is 1. The van der Waals surface area contributed by atoms with Crippen LogP contribution in [0.2, 0.25) is 10.0 Å². The number of ether oxygens (including phenoxy) is 3. The van der Waals surface area contributed by atoms with Crippen LogP contribution in [0, 0.1) is 13.8 Å². The predicted molar refractivity (Wildman–Crippen MR) is 185 cm³/mol. The molecule has 0 spiro atoms. The maximum absolute atomic E-state index is 12.7. The number of nitrogens with one attached hydrogen (secondary N) is 2. The molecule has 1 aliphatic carbocycles. The molecule has 5 rings (SSSR count). The molecule has 11 heteroatoms. The first kappa shape index (κ1) is 34.6. The maximum Gasteiger partial charge on any atom is 0.337 e. The molecule has 0 aromatic heterocycles. The van der Waals surface area contributed by atoms with E-state index < -0.39 is 11.9 Å². The Labute approximate surface area is 289 Å². The Kier molecular flexibility index (Phi) is 11.5. The third-order valence-electron chi connectivity index (χ3n) is 8.21. The number of hydrogen-bond acceptors (Lipinski definition) is 6. The van der Waals surface area contributed by atoms with E-state index in [1.54, 1.807) is 24.3 Å². The fourth-order valence-corrected chi connectivity index (χ4v) is 5.79. The van der Waals surface area contributed by atoms with Gasteiger partial charge in [-0.3, -0.25) is 9.59 Å². The summed E-state index contributed by atoms with van der Waals surface area (Å²) in [5, 5.41) is 15.3. The highest BCUT2D eigenvalue weighted by molar-refractivity contribution is 6.42. The summed E-state index contributed by atoms with van der Waals surface area (Å²) in [5.41, 5.74) is 2.57. The van der Waals surface area contributed by atoms with Gasteiger partial charge in [-0.2, -0.15) is 0 Å². The summed E-state index contributed by atoms with van der Waals surface area (Å²) in [5.74, 6) is 1.01. The van der Waals surface area contributed by atoms with Crippen molar-refractivity contribution in [2.75, 3.05) is 11.9 Å². The predicted octanol–water partition coefficient (Wildman–Crippen LogP) is 8.17. The fraction of sp³-hybridized carbons (Fsp3) is 0.270. The van der Waals surface area contributed by atoms with Crippen molar-refractivity contribution < 1.29 is 33.7 Å². The zero-order valence-corrected chi connectivity index (χ0v) is 28.1. The minimum Gasteiger partial charge on any atom is -0.490 e. The minimum absolute atomic E-state index is 0.00724. The number of para-hydroxylation sites is 1. The first-order valence-corrected chi connectivity index (χ1v) is 16.3. The van der Waals surface area contributed by atoms with Gasteiger partial charge in [-0.15, -0.1) is 0 Å². The quantitative estimate of drug-likeness (QED) is 0.137. The number of rotatable bonds is 12. The number of carbonyl (C=O) groups is 3. The van der Waals surface area contributed by atoms with Crippen molar-refractivity contribution in [2.45, 2.75) is 58.1 Å². The van der Waals surface area contributed by atoms with Gasteiger partial charge in [0, 0.05) is 6.04 Å². The van der Waals surface area contributed by atoms with E-state index in [4.69, 9.17) is 37.4 Å². The Morgan fingerprint density at radius 3 is 2.12 bits per heavy atom. The molecule has 0 saturated heterocycles. The number of anilines is 1. The van der Waals surface area contributed by atoms with E-state index in [1.165, 1.54) is 12.1 Å². The molecule has 48 heavy (non-hydrogen) atoms. The summed E-state index contributed by atoms with van der Waals surface area (Å²) in [6.07, 6.45) is 3.40. The number of amides is 2. The third kappa shape index (κ3) is 9.20. The molecule has 0 heterocycles. The molecule has 0 aliphatic heterocycles. The Morgan fingerprint density at radius 1 is 0.792 bits per heavy atom. The topological polar surface area (TPSA) is 123 Å². The van der Waals surface area contributed by atoms with Crippen molar-refractivity contribution in [3.05, 3.63) is 111 Å². The van der Waals surface area contributed by atoms with Gasteiger partial charge >= 0.3 is 5.97 Å². The molecule has 0 atom stereocenters. The Morgan fingerprint density at radius 2 is 1.44 bits per heavy atom. The van der Waals surface area contributed by atoms with Crippen LogP contribution < -0.4 is 24.8 Å². The van der Waals surface area contributed by atoms with Gasteiger partial charge in [-0.1, -0.05) is 53.5 Å². The second kappa shape index (κ2) is 15.9. The Balaban J connectivity index is 1.10. The van der Waals surface area contributed by atoms with Gasteiger partial charge in [0.2, 0.25) is 5.91 Å². The molecule has 0 unspecified atom stereocenters. The lowest BCUT2D eigenvalue weighted by Crippen LogP contribution is -2.41. The van der Waals surface area contributed by atoms with Crippen LogP contribution >= 0.6 is 23.2 Å². The second-order valence-corrected chi connectivity index (χ2v) is 12.5. The Bertz CT molecular complexity index is 1770. The van der Waals surface area contributed by atoms with E-state index in [0.29, 0.717) is 22.8 Å². The van der Waals surface area contributed by atoms with Gasteiger partial charge in [0.1, 0.15) is 23.0 Å². The molecule has 9 nitrogen and oxygen atoms in total. The van der Waals surface area contributed by atoms with Gasteiger partial charge in [-0.05, 0) is 105 Å². The number of carbonyl (C=O) groups excluding carboxylic acids is 2. The van der Waals surface area contributed by atoms with Crippen LogP contribution in [-0.4, -0.2) is 41.6 Å². The first-order chi connectivity index (χ1) is 23.0. The maximum atomic E-state index is 12.7. The Hall–Kier alpha value is -4.73. The average Bonchev–Trinajstić information content (AvgIpc) is 3.07. The largest absolute Gasteiger partial charge is 0.490 e. The fourth-order valence-electron chi connectivity index (χ4n) is 5.46. The van der Waals surface area contributed by atoms with Gasteiger partial charge in [-0.25, -0.2) is 4.79 Å². The van der Waals surface area contributed by atoms with E-state index in [1.807, 2.05) is 56.3 Å². The molecule has 3 N–H and O–H groups in total. The van der Waals surface area contributed by atoms with E-state index in [0.717, 1.165) is 42.6 Å². The summed E-state index contributed by atoms with van der Waals surface area (Å²) in [6.45, 7) is 3.97. The zero-order valence-electron chi connectivity index (χ0n) is 26.6. The average molecular weight is 692 g/mol. The van der Waals surface area contributed by atoms with Crippen LogP contribution in [0.15, 0.2) is 78.9 Å². The molecule has 2 amide bonds. The molecular formula is C37H36Cl2N2O7. The number of carboxylic acids is 1. The van der Waals surface area contributed by atoms with Crippen molar-refractivity contribution in [2.24, 2.45) is 0 Å². The molecule has 0 bridgehead atoms. The van der Waals surface area contributed by atoms with E-state index in [9.17, 15) is 19.5 Å². The molecule has 1 saturated carbocycles. The SMILES string of the molecule is Cc1c(Oc2ccc(CC(=O)Nc3cc(Cl)c(Cl)cc3C(=O)O)cc2)ccc(OC2CCC(NC(=O)COc3ccccc3)CC2)c1C. The summed E-state index contributed by atoms with van der Waals surface area (Å²) >= 11 is 12.0. The highest BCUT2D eigenvalue weighted by Gasteiger charge is 2.25. The van der Waals surface area contributed by atoms with Crippen molar-refractivity contribution in [1.29, 1.82) is 0 Å². The second-order valence-electron chi connectivity index (χ2n) is 11.7. The highest BCUT2D eigenvalue weighted by Crippen LogP contribution is 2.35. The lowest BCUT2D eigenvalue weighted by molar-refractivity contribution is -0.124. The standard InChI is InChI=1S/C37H36Cl2N2O7/c1-22-23(2)34(48-28-14-10-25(11-15-28)40-36(43)21-46-26-6-4-3-5-7-26)17-16-33(22)47-27-12-8-24(9-13-27)18-35(42)41-32-20-31(39)30(38)19-29(32)37(44)45/h3-9,12-13,16-17,19-20,25,28H,10-11,14-15,18,21H2,1-2H3,(H,40,43)(H,41,42)(H,44,45). The van der Waals surface area contributed by atoms with Crippen LogP contribution in [0.1, 0.15) is 52.7 Å². The lowest BCUT2D eigenvalue weighted by atomic mass is 9.92. The van der Waals surface area contributed by atoms with Gasteiger partial charge < -0.3 is 30.0 Å². The van der Waals surface area contributed by atoms with Crippen LogP contribution in [-0.2, 0) is 16.0 Å². The van der Waals surface area contributed by atoms with Crippen LogP contribution in [0.3, 0.4) is 0 Å². The minimum atomic E-state index is -1.23. The van der Waals surface area contributed by atoms with Crippen molar-refractivity contribution in [3.8, 4) is 23.0 Å². The van der Waals surface area contributed by atoms with Crippen molar-refractivity contribution in [3.63, 3.8) is 0 Å². The van der Waals surface area contributed by atoms with E-state index >= 15 is 0 Å². The monoisotopic (exact) mass is 690 g/mol. The van der Waals surface area contributed by atoms with E-state index in [2.05, 4.69) is 10.6 Å². The third-order valence-corrected chi connectivity index (χ3v) is 8.94. The number of hydrogen-bond donors (Lipinski definition) is 3. The number of benzene rings is 4. The molecule has 0 radical (unpaired) electrons. The van der Waals surface area contributed by atoms with Gasteiger partial charge in [0.15, 0.2) is 6.61 Å². The van der Waals surface area contributed by atoms with Crippen LogP contribution in [0.4, 0.5) is 5.69 Å². The van der Waals surface area contributed by atoms with Gasteiger partial charge in [0.05, 0.1) is 33.8 Å². The van der Waals surface area contributed by atoms with Crippen LogP contribution in [0.25, 0.3) is 0 Å².